The van der Waals surface area contributed by atoms with Gasteiger partial charge in [-0.3, -0.25) is 9.59 Å². The Bertz CT molecular complexity index is 783. The van der Waals surface area contributed by atoms with Crippen molar-refractivity contribution in [2.24, 2.45) is 5.92 Å². The van der Waals surface area contributed by atoms with Crippen LogP contribution in [-0.2, 0) is 19.6 Å². The second kappa shape index (κ2) is 7.36. The van der Waals surface area contributed by atoms with Crippen molar-refractivity contribution in [3.8, 4) is 0 Å². The number of hydrogen-bond acceptors (Lipinski definition) is 4. The van der Waals surface area contributed by atoms with Crippen molar-refractivity contribution >= 4 is 21.8 Å². The smallest absolute Gasteiger partial charge is 0.247 e. The van der Waals surface area contributed by atoms with Gasteiger partial charge in [-0.1, -0.05) is 29.8 Å². The van der Waals surface area contributed by atoms with Crippen LogP contribution in [0.5, 0.6) is 0 Å². The van der Waals surface area contributed by atoms with Gasteiger partial charge >= 0.3 is 0 Å². The molecule has 3 rings (SSSR count). The number of rotatable bonds is 3. The van der Waals surface area contributed by atoms with Crippen LogP contribution in [0.1, 0.15) is 30.0 Å². The highest BCUT2D eigenvalue weighted by molar-refractivity contribution is 7.88. The van der Waals surface area contributed by atoms with Gasteiger partial charge < -0.3 is 10.2 Å². The van der Waals surface area contributed by atoms with Gasteiger partial charge in [0.25, 0.3) is 0 Å². The molecule has 2 amide bonds. The molecule has 26 heavy (non-hydrogen) atoms. The molecule has 8 heteroatoms. The molecule has 1 N–H and O–H groups in total. The van der Waals surface area contributed by atoms with Gasteiger partial charge in [0.2, 0.25) is 21.8 Å². The highest BCUT2D eigenvalue weighted by Crippen LogP contribution is 2.29. The van der Waals surface area contributed by atoms with Gasteiger partial charge in [-0.25, -0.2) is 12.7 Å². The van der Waals surface area contributed by atoms with Crippen LogP contribution in [0.25, 0.3) is 0 Å². The van der Waals surface area contributed by atoms with Crippen molar-refractivity contribution in [2.75, 3.05) is 32.4 Å². The van der Waals surface area contributed by atoms with E-state index in [1.165, 1.54) is 10.6 Å². The summed E-state index contributed by atoms with van der Waals surface area (Å²) < 4.78 is 24.7. The number of nitrogens with one attached hydrogen (secondary N) is 1. The molecule has 0 spiro atoms. The van der Waals surface area contributed by atoms with E-state index in [9.17, 15) is 18.0 Å². The van der Waals surface area contributed by atoms with Crippen LogP contribution < -0.4 is 5.32 Å². The van der Waals surface area contributed by atoms with Crippen molar-refractivity contribution in [3.63, 3.8) is 0 Å². The lowest BCUT2D eigenvalue weighted by Crippen LogP contribution is -2.54. The topological polar surface area (TPSA) is 86.8 Å². The van der Waals surface area contributed by atoms with Crippen LogP contribution in [0.2, 0.25) is 0 Å². The number of benzene rings is 1. The number of piperazine rings is 1. The zero-order valence-corrected chi connectivity index (χ0v) is 16.0. The van der Waals surface area contributed by atoms with Gasteiger partial charge in [-0.05, 0) is 25.3 Å². The first-order valence-electron chi connectivity index (χ1n) is 8.87. The van der Waals surface area contributed by atoms with Crippen molar-refractivity contribution in [2.45, 2.75) is 25.8 Å². The third-order valence-electron chi connectivity index (χ3n) is 5.16. The van der Waals surface area contributed by atoms with Gasteiger partial charge in [0.1, 0.15) is 6.04 Å². The lowest BCUT2D eigenvalue weighted by atomic mass is 9.93. The second-order valence-electron chi connectivity index (χ2n) is 7.07. The number of carbonyl (C=O) groups excluding carboxylic acids is 2. The second-order valence-corrected chi connectivity index (χ2v) is 9.05. The molecular formula is C18H25N3O4S. The molecule has 1 aromatic rings. The number of aryl methyl sites for hydroxylation is 1. The minimum atomic E-state index is -3.22. The standard InChI is InChI=1S/C18H25N3O4S/c1-13-3-5-14(6-4-13)16-17(22)19-9-12-21(16)18(23)15-7-10-20(11-8-15)26(2,24)25/h3-6,15-16H,7-12H2,1-2H3,(H,19,22). The van der Waals surface area contributed by atoms with E-state index < -0.39 is 16.1 Å². The van der Waals surface area contributed by atoms with E-state index in [1.807, 2.05) is 31.2 Å². The van der Waals surface area contributed by atoms with Gasteiger partial charge in [0.15, 0.2) is 0 Å². The van der Waals surface area contributed by atoms with Crippen molar-refractivity contribution in [1.82, 2.24) is 14.5 Å². The maximum Gasteiger partial charge on any atom is 0.247 e. The summed E-state index contributed by atoms with van der Waals surface area (Å²) in [6.45, 7) is 3.59. The number of piperidine rings is 1. The number of hydrogen-bond donors (Lipinski definition) is 1. The predicted octanol–water partition coefficient (Wildman–Crippen LogP) is 0.666. The molecule has 1 atom stereocenters. The first-order chi connectivity index (χ1) is 12.3. The average molecular weight is 379 g/mol. The fourth-order valence-electron chi connectivity index (χ4n) is 3.65. The molecule has 142 valence electrons. The number of amides is 2. The Morgan fingerprint density at radius 2 is 1.73 bits per heavy atom. The zero-order chi connectivity index (χ0) is 18.9. The quantitative estimate of drug-likeness (QED) is 0.836. The maximum atomic E-state index is 13.1. The third-order valence-corrected chi connectivity index (χ3v) is 6.46. The zero-order valence-electron chi connectivity index (χ0n) is 15.1. The molecule has 0 bridgehead atoms. The predicted molar refractivity (Wildman–Crippen MR) is 97.8 cm³/mol. The van der Waals surface area contributed by atoms with E-state index in [0.29, 0.717) is 39.0 Å². The highest BCUT2D eigenvalue weighted by Gasteiger charge is 2.38. The highest BCUT2D eigenvalue weighted by atomic mass is 32.2. The molecule has 0 saturated carbocycles. The van der Waals surface area contributed by atoms with Crippen LogP contribution in [0.15, 0.2) is 24.3 Å². The molecule has 1 aromatic carbocycles. The number of sulfonamides is 1. The van der Waals surface area contributed by atoms with Crippen LogP contribution in [0, 0.1) is 12.8 Å². The summed E-state index contributed by atoms with van der Waals surface area (Å²) in [6.07, 6.45) is 2.17. The summed E-state index contributed by atoms with van der Waals surface area (Å²) in [4.78, 5) is 27.2. The molecular weight excluding hydrogens is 354 g/mol. The van der Waals surface area contributed by atoms with Gasteiger partial charge in [-0.15, -0.1) is 0 Å². The summed E-state index contributed by atoms with van der Waals surface area (Å²) in [5.41, 5.74) is 1.89. The number of carbonyl (C=O) groups is 2. The Morgan fingerprint density at radius 3 is 2.31 bits per heavy atom. The van der Waals surface area contributed by atoms with Crippen molar-refractivity contribution in [1.29, 1.82) is 0 Å². The van der Waals surface area contributed by atoms with E-state index in [1.54, 1.807) is 4.90 Å². The first-order valence-corrected chi connectivity index (χ1v) is 10.7. The van der Waals surface area contributed by atoms with Gasteiger partial charge in [0, 0.05) is 32.1 Å². The molecule has 2 heterocycles. The summed E-state index contributed by atoms with van der Waals surface area (Å²) in [5, 5.41) is 2.84. The molecule has 7 nitrogen and oxygen atoms in total. The minimum absolute atomic E-state index is 0.0569. The largest absolute Gasteiger partial charge is 0.352 e. The molecule has 2 saturated heterocycles. The summed E-state index contributed by atoms with van der Waals surface area (Å²) in [6, 6.07) is 7.02. The molecule has 1 unspecified atom stereocenters. The van der Waals surface area contributed by atoms with E-state index >= 15 is 0 Å². The maximum absolute atomic E-state index is 13.1. The molecule has 0 aromatic heterocycles. The Labute approximate surface area is 154 Å². The molecule has 2 aliphatic heterocycles. The Morgan fingerprint density at radius 1 is 1.12 bits per heavy atom. The lowest BCUT2D eigenvalue weighted by Gasteiger charge is -2.39. The van der Waals surface area contributed by atoms with Gasteiger partial charge in [0.05, 0.1) is 6.26 Å². The van der Waals surface area contributed by atoms with E-state index in [-0.39, 0.29) is 17.7 Å². The van der Waals surface area contributed by atoms with Crippen LogP contribution in [0.3, 0.4) is 0 Å². The SMILES string of the molecule is Cc1ccc(C2C(=O)NCCN2C(=O)C2CCN(S(C)(=O)=O)CC2)cc1. The fourth-order valence-corrected chi connectivity index (χ4v) is 4.53. The van der Waals surface area contributed by atoms with Gasteiger partial charge in [-0.2, -0.15) is 0 Å². The summed E-state index contributed by atoms with van der Waals surface area (Å²) >= 11 is 0. The average Bonchev–Trinajstić information content (AvgIpc) is 2.61. The third kappa shape index (κ3) is 3.91. The van der Waals surface area contributed by atoms with Crippen LogP contribution in [-0.4, -0.2) is 61.9 Å². The van der Waals surface area contributed by atoms with Crippen molar-refractivity contribution in [3.05, 3.63) is 35.4 Å². The molecule has 2 fully saturated rings. The molecule has 0 aliphatic carbocycles. The fraction of sp³-hybridized carbons (Fsp3) is 0.556. The Balaban J connectivity index is 1.76. The first kappa shape index (κ1) is 18.8. The Hall–Kier alpha value is -1.93. The van der Waals surface area contributed by atoms with E-state index in [2.05, 4.69) is 5.32 Å². The number of nitrogens with zero attached hydrogens (tertiary/aromatic N) is 2. The van der Waals surface area contributed by atoms with Crippen LogP contribution >= 0.6 is 0 Å². The lowest BCUT2D eigenvalue weighted by molar-refractivity contribution is -0.147. The summed E-state index contributed by atoms with van der Waals surface area (Å²) in [5.74, 6) is -0.465. The Kier molecular flexibility index (Phi) is 5.34. The normalized spacial score (nSPS) is 22.9. The minimum Gasteiger partial charge on any atom is -0.352 e. The summed E-state index contributed by atoms with van der Waals surface area (Å²) in [7, 11) is -3.22. The van der Waals surface area contributed by atoms with E-state index in [4.69, 9.17) is 0 Å². The van der Waals surface area contributed by atoms with E-state index in [0.717, 1.165) is 11.1 Å². The molecule has 0 radical (unpaired) electrons. The van der Waals surface area contributed by atoms with Crippen molar-refractivity contribution < 1.29 is 18.0 Å². The monoisotopic (exact) mass is 379 g/mol. The molecule has 2 aliphatic rings. The van der Waals surface area contributed by atoms with Crippen LogP contribution in [0.4, 0.5) is 0 Å².